The number of anilines is 1. The van der Waals surface area contributed by atoms with E-state index >= 15 is 0 Å². The molecule has 11 heteroatoms. The van der Waals surface area contributed by atoms with E-state index in [1.165, 1.54) is 30.0 Å². The Morgan fingerprint density at radius 2 is 1.64 bits per heavy atom. The van der Waals surface area contributed by atoms with E-state index < -0.39 is 34.3 Å². The number of hydrogen-bond acceptors (Lipinski definition) is 6. The molecule has 2 amide bonds. The summed E-state index contributed by atoms with van der Waals surface area (Å²) in [6.07, 6.45) is 0.878. The Bertz CT molecular complexity index is 1480. The molecule has 224 valence electrons. The number of fused-ring (bicyclic) bond motifs is 1. The summed E-state index contributed by atoms with van der Waals surface area (Å²) in [5.74, 6) is -0.800. The lowest BCUT2D eigenvalue weighted by Crippen LogP contribution is -2.54. The fourth-order valence-electron chi connectivity index (χ4n) is 4.54. The first-order chi connectivity index (χ1) is 20.1. The van der Waals surface area contributed by atoms with E-state index in [2.05, 4.69) is 5.32 Å². The minimum atomic E-state index is -3.93. The smallest absolute Gasteiger partial charge is 0.244 e. The summed E-state index contributed by atoms with van der Waals surface area (Å²) in [6, 6.07) is 18.5. The summed E-state index contributed by atoms with van der Waals surface area (Å²) in [4.78, 5) is 29.3. The summed E-state index contributed by atoms with van der Waals surface area (Å²) in [7, 11) is -3.93. The van der Waals surface area contributed by atoms with Crippen LogP contribution in [0.4, 0.5) is 10.1 Å². The third-order valence-corrected chi connectivity index (χ3v) is 8.90. The predicted octanol–water partition coefficient (Wildman–Crippen LogP) is 4.27. The first-order valence-corrected chi connectivity index (χ1v) is 15.5. The first-order valence-electron chi connectivity index (χ1n) is 13.9. The predicted molar refractivity (Wildman–Crippen MR) is 158 cm³/mol. The van der Waals surface area contributed by atoms with Gasteiger partial charge in [0.25, 0.3) is 0 Å². The molecule has 0 bridgehead atoms. The van der Waals surface area contributed by atoms with Gasteiger partial charge in [-0.2, -0.15) is 0 Å². The molecule has 1 aliphatic heterocycles. The number of hydrogen-bond donors (Lipinski definition) is 1. The van der Waals surface area contributed by atoms with Crippen molar-refractivity contribution in [3.8, 4) is 11.5 Å². The Morgan fingerprint density at radius 3 is 2.31 bits per heavy atom. The van der Waals surface area contributed by atoms with Gasteiger partial charge in [0, 0.05) is 25.1 Å². The molecule has 0 aliphatic carbocycles. The Labute approximate surface area is 246 Å². The lowest BCUT2D eigenvalue weighted by molar-refractivity contribution is -0.140. The molecule has 1 N–H and O–H groups in total. The average Bonchev–Trinajstić information content (AvgIpc) is 3.47. The molecule has 0 aromatic heterocycles. The number of ether oxygens (including phenoxy) is 2. The molecular formula is C31H36FN3O6S. The van der Waals surface area contributed by atoms with Crippen molar-refractivity contribution in [1.82, 2.24) is 10.2 Å². The van der Waals surface area contributed by atoms with Gasteiger partial charge in [0.15, 0.2) is 11.5 Å². The summed E-state index contributed by atoms with van der Waals surface area (Å²) >= 11 is 0. The van der Waals surface area contributed by atoms with Gasteiger partial charge in [-0.25, -0.2) is 12.8 Å². The molecule has 1 aliphatic rings. The summed E-state index contributed by atoms with van der Waals surface area (Å²) in [5, 5.41) is 2.98. The van der Waals surface area contributed by atoms with Gasteiger partial charge in [-0.3, -0.25) is 13.9 Å². The quantitative estimate of drug-likeness (QED) is 0.316. The van der Waals surface area contributed by atoms with Crippen molar-refractivity contribution in [2.24, 2.45) is 0 Å². The molecule has 42 heavy (non-hydrogen) atoms. The fraction of sp³-hybridized carbons (Fsp3) is 0.355. The van der Waals surface area contributed by atoms with Gasteiger partial charge in [-0.15, -0.1) is 0 Å². The van der Waals surface area contributed by atoms with E-state index in [1.807, 2.05) is 44.2 Å². The zero-order chi connectivity index (χ0) is 30.3. The maximum atomic E-state index is 14.2. The van der Waals surface area contributed by atoms with Crippen molar-refractivity contribution in [3.63, 3.8) is 0 Å². The van der Waals surface area contributed by atoms with Crippen molar-refractivity contribution in [2.75, 3.05) is 23.4 Å². The highest BCUT2D eigenvalue weighted by molar-refractivity contribution is 7.92. The summed E-state index contributed by atoms with van der Waals surface area (Å²) < 4.78 is 52.1. The third-order valence-electron chi connectivity index (χ3n) is 7.16. The van der Waals surface area contributed by atoms with Crippen LogP contribution in [0.25, 0.3) is 0 Å². The largest absolute Gasteiger partial charge is 0.454 e. The molecule has 4 rings (SSSR count). The van der Waals surface area contributed by atoms with Crippen LogP contribution >= 0.6 is 0 Å². The van der Waals surface area contributed by atoms with Crippen LogP contribution in [-0.2, 0) is 32.6 Å². The van der Waals surface area contributed by atoms with E-state index in [0.717, 1.165) is 9.87 Å². The Hall–Kier alpha value is -4.12. The van der Waals surface area contributed by atoms with Crippen LogP contribution in [0.2, 0.25) is 0 Å². The second-order valence-electron chi connectivity index (χ2n) is 10.1. The molecule has 0 saturated carbocycles. The second-order valence-corrected chi connectivity index (χ2v) is 12.3. The highest BCUT2D eigenvalue weighted by atomic mass is 32.2. The van der Waals surface area contributed by atoms with Gasteiger partial charge >= 0.3 is 0 Å². The van der Waals surface area contributed by atoms with Gasteiger partial charge in [-0.05, 0) is 55.7 Å². The molecule has 0 radical (unpaired) electrons. The molecule has 0 spiro atoms. The Morgan fingerprint density at radius 1 is 0.952 bits per heavy atom. The topological polar surface area (TPSA) is 105 Å². The highest BCUT2D eigenvalue weighted by Crippen LogP contribution is 2.36. The van der Waals surface area contributed by atoms with Crippen molar-refractivity contribution in [3.05, 3.63) is 89.7 Å². The number of amides is 2. The highest BCUT2D eigenvalue weighted by Gasteiger charge is 2.34. The van der Waals surface area contributed by atoms with Gasteiger partial charge in [0.2, 0.25) is 28.6 Å². The van der Waals surface area contributed by atoms with E-state index in [4.69, 9.17) is 9.47 Å². The van der Waals surface area contributed by atoms with E-state index in [-0.39, 0.29) is 43.1 Å². The number of halogens is 1. The molecule has 2 atom stereocenters. The van der Waals surface area contributed by atoms with Crippen LogP contribution in [0.1, 0.15) is 38.3 Å². The number of rotatable bonds is 13. The molecular weight excluding hydrogens is 561 g/mol. The standard InChI is InChI=1S/C31H36FN3O6S/c1-4-22(3)33-31(37)27(17-23-9-7-6-8-10-23)34(19-24-11-13-25(32)14-12-24)30(36)20-35(42(38,39)5-2)26-15-16-28-29(18-26)41-21-40-28/h6-16,18,22,27H,4-5,17,19-21H2,1-3H3,(H,33,37)/t22-,27+/m0/s1. The molecule has 0 fully saturated rings. The lowest BCUT2D eigenvalue weighted by Gasteiger charge is -2.34. The molecule has 9 nitrogen and oxygen atoms in total. The van der Waals surface area contributed by atoms with E-state index in [9.17, 15) is 22.4 Å². The lowest BCUT2D eigenvalue weighted by atomic mass is 10.0. The van der Waals surface area contributed by atoms with Crippen LogP contribution in [0, 0.1) is 5.82 Å². The Balaban J connectivity index is 1.74. The summed E-state index contributed by atoms with van der Waals surface area (Å²) in [6.45, 7) is 4.73. The van der Waals surface area contributed by atoms with Gasteiger partial charge in [0.1, 0.15) is 18.4 Å². The van der Waals surface area contributed by atoms with Crippen molar-refractivity contribution >= 4 is 27.5 Å². The summed E-state index contributed by atoms with van der Waals surface area (Å²) in [5.41, 5.74) is 1.65. The van der Waals surface area contributed by atoms with Crippen LogP contribution < -0.4 is 19.1 Å². The van der Waals surface area contributed by atoms with E-state index in [0.29, 0.717) is 23.5 Å². The molecule has 0 unspecified atom stereocenters. The van der Waals surface area contributed by atoms with Crippen LogP contribution in [0.15, 0.2) is 72.8 Å². The number of nitrogens with one attached hydrogen (secondary N) is 1. The van der Waals surface area contributed by atoms with Crippen LogP contribution in [0.5, 0.6) is 11.5 Å². The van der Waals surface area contributed by atoms with Crippen LogP contribution in [0.3, 0.4) is 0 Å². The molecule has 1 heterocycles. The minimum Gasteiger partial charge on any atom is -0.454 e. The van der Waals surface area contributed by atoms with Crippen molar-refractivity contribution in [2.45, 2.75) is 52.2 Å². The number of benzene rings is 3. The zero-order valence-corrected chi connectivity index (χ0v) is 24.8. The monoisotopic (exact) mass is 597 g/mol. The number of carbonyl (C=O) groups excluding carboxylic acids is 2. The zero-order valence-electron chi connectivity index (χ0n) is 24.0. The number of sulfonamides is 1. The molecule has 3 aromatic rings. The van der Waals surface area contributed by atoms with Crippen LogP contribution in [-0.4, -0.2) is 56.3 Å². The van der Waals surface area contributed by atoms with Crippen molar-refractivity contribution in [1.29, 1.82) is 0 Å². The number of carbonyl (C=O) groups is 2. The SMILES string of the molecule is CC[C@H](C)NC(=O)[C@@H](Cc1ccccc1)N(Cc1ccc(F)cc1)C(=O)CN(c1ccc2c(c1)OCO2)S(=O)(=O)CC. The van der Waals surface area contributed by atoms with Gasteiger partial charge in [0.05, 0.1) is 11.4 Å². The fourth-order valence-corrected chi connectivity index (χ4v) is 5.60. The maximum absolute atomic E-state index is 14.2. The number of nitrogens with zero attached hydrogens (tertiary/aromatic N) is 2. The molecule has 3 aromatic carbocycles. The normalized spacial score (nSPS) is 13.7. The van der Waals surface area contributed by atoms with Crippen molar-refractivity contribution < 1.29 is 31.9 Å². The Kier molecular flexibility index (Phi) is 10.1. The third kappa shape index (κ3) is 7.58. The average molecular weight is 598 g/mol. The minimum absolute atomic E-state index is 0.0101. The van der Waals surface area contributed by atoms with E-state index in [1.54, 1.807) is 24.3 Å². The first kappa shape index (κ1) is 30.8. The molecule has 0 saturated heterocycles. The van der Waals surface area contributed by atoms with Gasteiger partial charge in [-0.1, -0.05) is 49.4 Å². The second kappa shape index (κ2) is 13.7. The maximum Gasteiger partial charge on any atom is 0.244 e. The van der Waals surface area contributed by atoms with Gasteiger partial charge < -0.3 is 19.7 Å².